The molecule has 0 radical (unpaired) electrons. The number of carbonyl (C=O) groups excluding carboxylic acids is 2. The van der Waals surface area contributed by atoms with E-state index in [4.69, 9.17) is 31.8 Å². The number of carboxylic acid groups (broad SMARTS) is 1. The van der Waals surface area contributed by atoms with E-state index in [0.29, 0.717) is 17.7 Å². The molecule has 0 bridgehead atoms. The van der Waals surface area contributed by atoms with E-state index >= 15 is 0 Å². The molecular weight excluding hydrogens is 354 g/mol. The predicted octanol–water partition coefficient (Wildman–Crippen LogP) is -0.210. The molecule has 0 saturated carbocycles. The molecule has 27 heavy (non-hydrogen) atoms. The first-order chi connectivity index (χ1) is 12.6. The molecular formula is C18H27N3O6. The van der Waals surface area contributed by atoms with Crippen LogP contribution in [0.3, 0.4) is 0 Å². The molecule has 3 atom stereocenters. The monoisotopic (exact) mass is 381 g/mol. The second-order valence-electron chi connectivity index (χ2n) is 6.69. The van der Waals surface area contributed by atoms with Gasteiger partial charge in [0.2, 0.25) is 0 Å². The molecule has 0 fully saturated rings. The number of nitrogens with two attached hydrogens (primary N) is 3. The second-order valence-corrected chi connectivity index (χ2v) is 6.69. The Labute approximate surface area is 157 Å². The maximum absolute atomic E-state index is 11.9. The molecule has 0 aliphatic rings. The van der Waals surface area contributed by atoms with Crippen LogP contribution in [0.2, 0.25) is 0 Å². The zero-order chi connectivity index (χ0) is 20.6. The second kappa shape index (κ2) is 10.6. The first-order valence-electron chi connectivity index (χ1n) is 8.57. The van der Waals surface area contributed by atoms with Crippen molar-refractivity contribution in [2.75, 3.05) is 6.61 Å². The standard InChI is InChI=1S/C18H27N3O6/c1-10(2)7-13(19)18(25)27-12-5-3-11(4-6-12)8-14(20)17(24)26-9-15(21)16(22)23/h3-6,10,13-15H,7-9,19-21H2,1-2H3,(H,22,23)/t13-,14-,15-/m0/s1. The van der Waals surface area contributed by atoms with Crippen molar-refractivity contribution in [1.82, 2.24) is 0 Å². The fourth-order valence-electron chi connectivity index (χ4n) is 2.18. The number of esters is 2. The largest absolute Gasteiger partial charge is 0.480 e. The third kappa shape index (κ3) is 8.16. The van der Waals surface area contributed by atoms with Gasteiger partial charge in [-0.25, -0.2) is 4.79 Å². The summed E-state index contributed by atoms with van der Waals surface area (Å²) < 4.78 is 10.00. The van der Waals surface area contributed by atoms with E-state index in [1.807, 2.05) is 13.8 Å². The van der Waals surface area contributed by atoms with E-state index in [1.54, 1.807) is 24.3 Å². The van der Waals surface area contributed by atoms with Crippen LogP contribution in [0.4, 0.5) is 0 Å². The summed E-state index contributed by atoms with van der Waals surface area (Å²) in [5, 5.41) is 8.64. The highest BCUT2D eigenvalue weighted by Crippen LogP contribution is 2.15. The van der Waals surface area contributed by atoms with Crippen LogP contribution in [0.25, 0.3) is 0 Å². The Morgan fingerprint density at radius 3 is 2.07 bits per heavy atom. The zero-order valence-electron chi connectivity index (χ0n) is 15.5. The van der Waals surface area contributed by atoms with Gasteiger partial charge in [-0.05, 0) is 36.5 Å². The summed E-state index contributed by atoms with van der Waals surface area (Å²) in [5.41, 5.74) is 17.5. The summed E-state index contributed by atoms with van der Waals surface area (Å²) in [4.78, 5) is 34.2. The third-order valence-corrected chi connectivity index (χ3v) is 3.65. The summed E-state index contributed by atoms with van der Waals surface area (Å²) in [6, 6.07) is 3.52. The molecule has 0 saturated heterocycles. The van der Waals surface area contributed by atoms with Crippen LogP contribution in [0.1, 0.15) is 25.8 Å². The van der Waals surface area contributed by atoms with E-state index in [0.717, 1.165) is 0 Å². The Morgan fingerprint density at radius 2 is 1.56 bits per heavy atom. The van der Waals surface area contributed by atoms with Gasteiger partial charge in [0, 0.05) is 0 Å². The van der Waals surface area contributed by atoms with Crippen LogP contribution < -0.4 is 21.9 Å². The van der Waals surface area contributed by atoms with Gasteiger partial charge in [-0.15, -0.1) is 0 Å². The summed E-state index contributed by atoms with van der Waals surface area (Å²) in [6.07, 6.45) is 0.696. The minimum atomic E-state index is -1.29. The highest BCUT2D eigenvalue weighted by molar-refractivity contribution is 5.78. The van der Waals surface area contributed by atoms with Crippen LogP contribution in [0.15, 0.2) is 24.3 Å². The minimum Gasteiger partial charge on any atom is -0.480 e. The van der Waals surface area contributed by atoms with Crippen molar-refractivity contribution in [2.24, 2.45) is 23.1 Å². The van der Waals surface area contributed by atoms with E-state index in [9.17, 15) is 14.4 Å². The van der Waals surface area contributed by atoms with Crippen molar-refractivity contribution in [3.63, 3.8) is 0 Å². The average molecular weight is 381 g/mol. The lowest BCUT2D eigenvalue weighted by Crippen LogP contribution is -2.40. The number of hydrogen-bond acceptors (Lipinski definition) is 8. The summed E-state index contributed by atoms with van der Waals surface area (Å²) in [5.74, 6) is -1.91. The highest BCUT2D eigenvalue weighted by Gasteiger charge is 2.20. The van der Waals surface area contributed by atoms with Gasteiger partial charge < -0.3 is 31.8 Å². The van der Waals surface area contributed by atoms with Gasteiger partial charge in [0.05, 0.1) is 0 Å². The van der Waals surface area contributed by atoms with Crippen molar-refractivity contribution in [1.29, 1.82) is 0 Å². The van der Waals surface area contributed by atoms with Crippen molar-refractivity contribution < 1.29 is 29.0 Å². The molecule has 150 valence electrons. The minimum absolute atomic E-state index is 0.169. The molecule has 0 spiro atoms. The molecule has 1 aromatic rings. The van der Waals surface area contributed by atoms with Gasteiger partial charge in [-0.3, -0.25) is 9.59 Å². The molecule has 9 heteroatoms. The molecule has 0 unspecified atom stereocenters. The molecule has 0 aliphatic heterocycles. The van der Waals surface area contributed by atoms with Gasteiger partial charge in [0.25, 0.3) is 0 Å². The van der Waals surface area contributed by atoms with Crippen molar-refractivity contribution >= 4 is 17.9 Å². The highest BCUT2D eigenvalue weighted by atomic mass is 16.5. The normalized spacial score (nSPS) is 14.3. The molecule has 0 heterocycles. The van der Waals surface area contributed by atoms with E-state index < -0.39 is 42.6 Å². The van der Waals surface area contributed by atoms with Crippen molar-refractivity contribution in [3.05, 3.63) is 29.8 Å². The maximum Gasteiger partial charge on any atom is 0.328 e. The average Bonchev–Trinajstić information content (AvgIpc) is 2.60. The van der Waals surface area contributed by atoms with Gasteiger partial charge in [0.15, 0.2) is 0 Å². The third-order valence-electron chi connectivity index (χ3n) is 3.65. The Kier molecular flexibility index (Phi) is 8.86. The van der Waals surface area contributed by atoms with Gasteiger partial charge in [-0.2, -0.15) is 0 Å². The Morgan fingerprint density at radius 1 is 0.963 bits per heavy atom. The van der Waals surface area contributed by atoms with Gasteiger partial charge in [-0.1, -0.05) is 26.0 Å². The van der Waals surface area contributed by atoms with Crippen LogP contribution in [0.5, 0.6) is 5.75 Å². The SMILES string of the molecule is CC(C)C[C@H](N)C(=O)Oc1ccc(C[C@H](N)C(=O)OC[C@H](N)C(=O)O)cc1. The molecule has 1 rings (SSSR count). The Balaban J connectivity index is 2.52. The molecule has 1 aromatic carbocycles. The number of aliphatic carboxylic acids is 1. The molecule has 9 nitrogen and oxygen atoms in total. The summed E-state index contributed by atoms with van der Waals surface area (Å²) in [6.45, 7) is 3.48. The number of carbonyl (C=O) groups is 3. The Hall–Kier alpha value is -2.49. The lowest BCUT2D eigenvalue weighted by Gasteiger charge is -2.14. The fraction of sp³-hybridized carbons (Fsp3) is 0.500. The van der Waals surface area contributed by atoms with Crippen LogP contribution in [-0.2, 0) is 25.5 Å². The molecule has 7 N–H and O–H groups in total. The van der Waals surface area contributed by atoms with E-state index in [2.05, 4.69) is 0 Å². The summed E-state index contributed by atoms with van der Waals surface area (Å²) in [7, 11) is 0. The van der Waals surface area contributed by atoms with Crippen LogP contribution >= 0.6 is 0 Å². The van der Waals surface area contributed by atoms with Crippen molar-refractivity contribution in [3.8, 4) is 5.75 Å². The number of rotatable bonds is 10. The number of benzene rings is 1. The zero-order valence-corrected chi connectivity index (χ0v) is 15.5. The van der Waals surface area contributed by atoms with Crippen LogP contribution in [0, 0.1) is 5.92 Å². The maximum atomic E-state index is 11.9. The Bertz CT molecular complexity index is 647. The fourth-order valence-corrected chi connectivity index (χ4v) is 2.18. The van der Waals surface area contributed by atoms with Gasteiger partial charge in [0.1, 0.15) is 30.5 Å². The number of carboxylic acids is 1. The van der Waals surface area contributed by atoms with Crippen molar-refractivity contribution in [2.45, 2.75) is 44.8 Å². The lowest BCUT2D eigenvalue weighted by molar-refractivity contribution is -0.149. The number of hydrogen-bond donors (Lipinski definition) is 4. The van der Waals surface area contributed by atoms with Gasteiger partial charge >= 0.3 is 17.9 Å². The molecule has 0 aromatic heterocycles. The van der Waals surface area contributed by atoms with E-state index in [1.165, 1.54) is 0 Å². The smallest absolute Gasteiger partial charge is 0.328 e. The quantitative estimate of drug-likeness (QED) is 0.316. The summed E-state index contributed by atoms with van der Waals surface area (Å²) >= 11 is 0. The first-order valence-corrected chi connectivity index (χ1v) is 8.57. The molecule has 0 amide bonds. The number of ether oxygens (including phenoxy) is 2. The predicted molar refractivity (Wildman–Crippen MR) is 97.8 cm³/mol. The van der Waals surface area contributed by atoms with Crippen LogP contribution in [-0.4, -0.2) is 47.7 Å². The lowest BCUT2D eigenvalue weighted by atomic mass is 10.0. The first kappa shape index (κ1) is 22.6. The molecule has 0 aliphatic carbocycles. The van der Waals surface area contributed by atoms with E-state index in [-0.39, 0.29) is 12.3 Å². The topological polar surface area (TPSA) is 168 Å².